The van der Waals surface area contributed by atoms with Gasteiger partial charge in [0.25, 0.3) is 0 Å². The number of aryl methyl sites for hydroxylation is 1. The van der Waals surface area contributed by atoms with E-state index < -0.39 is 0 Å². The summed E-state index contributed by atoms with van der Waals surface area (Å²) < 4.78 is 0. The summed E-state index contributed by atoms with van der Waals surface area (Å²) in [5.74, 6) is 0.636. The van der Waals surface area contributed by atoms with Crippen molar-refractivity contribution >= 4 is 11.6 Å². The third-order valence-corrected chi connectivity index (χ3v) is 4.17. The van der Waals surface area contributed by atoms with Crippen molar-refractivity contribution in [3.05, 3.63) is 34.3 Å². The largest absolute Gasteiger partial charge is 0.316 e. The molecule has 1 aliphatic carbocycles. The first-order valence-corrected chi connectivity index (χ1v) is 6.53. The molecular formula is C14H20ClN. The van der Waals surface area contributed by atoms with Gasteiger partial charge in [-0.05, 0) is 49.9 Å². The zero-order valence-corrected chi connectivity index (χ0v) is 10.8. The van der Waals surface area contributed by atoms with Gasteiger partial charge in [0.2, 0.25) is 0 Å². The number of hydrogen-bond donors (Lipinski definition) is 1. The van der Waals surface area contributed by atoms with Crippen LogP contribution in [0.3, 0.4) is 0 Å². The van der Waals surface area contributed by atoms with Gasteiger partial charge in [0.15, 0.2) is 0 Å². The van der Waals surface area contributed by atoms with E-state index in [1.54, 1.807) is 0 Å². The molecule has 16 heavy (non-hydrogen) atoms. The zero-order valence-electron chi connectivity index (χ0n) is 10.1. The second kappa shape index (κ2) is 5.20. The average molecular weight is 238 g/mol. The first kappa shape index (κ1) is 11.9. The van der Waals surface area contributed by atoms with Crippen molar-refractivity contribution in [3.8, 4) is 0 Å². The summed E-state index contributed by atoms with van der Waals surface area (Å²) in [6.07, 6.45) is 5.26. The maximum absolute atomic E-state index is 6.20. The first-order valence-electron chi connectivity index (χ1n) is 6.15. The van der Waals surface area contributed by atoms with E-state index in [1.807, 2.05) is 0 Å². The Bertz CT molecular complexity index is 362. The molecule has 0 heterocycles. The summed E-state index contributed by atoms with van der Waals surface area (Å²) in [6.45, 7) is 2.06. The minimum Gasteiger partial charge on any atom is -0.316 e. The molecule has 1 aliphatic rings. The van der Waals surface area contributed by atoms with Crippen molar-refractivity contribution in [2.75, 3.05) is 7.05 Å². The quantitative estimate of drug-likeness (QED) is 0.823. The number of nitrogens with one attached hydrogen (secondary N) is 1. The van der Waals surface area contributed by atoms with Crippen molar-refractivity contribution in [3.63, 3.8) is 0 Å². The van der Waals surface area contributed by atoms with Crippen molar-refractivity contribution in [2.24, 2.45) is 0 Å². The Labute approximate surface area is 103 Å². The lowest BCUT2D eigenvalue weighted by Crippen LogP contribution is -2.34. The molecule has 0 bridgehead atoms. The van der Waals surface area contributed by atoms with Gasteiger partial charge >= 0.3 is 0 Å². The van der Waals surface area contributed by atoms with Crippen LogP contribution in [0.4, 0.5) is 0 Å². The number of rotatable bonds is 2. The lowest BCUT2D eigenvalue weighted by Gasteiger charge is -2.31. The van der Waals surface area contributed by atoms with Gasteiger partial charge < -0.3 is 5.32 Å². The highest BCUT2D eigenvalue weighted by Crippen LogP contribution is 2.34. The highest BCUT2D eigenvalue weighted by Gasteiger charge is 2.25. The van der Waals surface area contributed by atoms with E-state index in [0.29, 0.717) is 12.0 Å². The fourth-order valence-electron chi connectivity index (χ4n) is 2.72. The van der Waals surface area contributed by atoms with Crippen LogP contribution in [0.2, 0.25) is 5.02 Å². The van der Waals surface area contributed by atoms with Crippen molar-refractivity contribution in [1.82, 2.24) is 5.32 Å². The lowest BCUT2D eigenvalue weighted by molar-refractivity contribution is 0.344. The molecule has 88 valence electrons. The fraction of sp³-hybridized carbons (Fsp3) is 0.571. The minimum atomic E-state index is 0.618. The topological polar surface area (TPSA) is 12.0 Å². The predicted molar refractivity (Wildman–Crippen MR) is 70.2 cm³/mol. The lowest BCUT2D eigenvalue weighted by atomic mass is 9.80. The van der Waals surface area contributed by atoms with E-state index in [-0.39, 0.29) is 0 Å². The Morgan fingerprint density at radius 1 is 1.25 bits per heavy atom. The van der Waals surface area contributed by atoms with Gasteiger partial charge in [-0.15, -0.1) is 0 Å². The average Bonchev–Trinajstić information content (AvgIpc) is 2.32. The minimum absolute atomic E-state index is 0.618. The van der Waals surface area contributed by atoms with Crippen LogP contribution in [0.15, 0.2) is 18.2 Å². The van der Waals surface area contributed by atoms with E-state index >= 15 is 0 Å². The maximum atomic E-state index is 6.20. The molecule has 1 fully saturated rings. The molecule has 1 saturated carbocycles. The molecule has 0 radical (unpaired) electrons. The normalized spacial score (nSPS) is 25.7. The Hall–Kier alpha value is -0.530. The Kier molecular flexibility index (Phi) is 3.88. The zero-order chi connectivity index (χ0) is 11.5. The van der Waals surface area contributed by atoms with Gasteiger partial charge in [-0.2, -0.15) is 0 Å². The molecule has 0 saturated heterocycles. The van der Waals surface area contributed by atoms with Crippen LogP contribution in [0.25, 0.3) is 0 Å². The van der Waals surface area contributed by atoms with Crippen LogP contribution < -0.4 is 5.32 Å². The third-order valence-electron chi connectivity index (χ3n) is 3.76. The molecule has 1 aromatic rings. The monoisotopic (exact) mass is 237 g/mol. The molecule has 1 N–H and O–H groups in total. The SMILES string of the molecule is CNC1CCCCC1c1ccc(C)c(Cl)c1. The Balaban J connectivity index is 2.23. The van der Waals surface area contributed by atoms with Gasteiger partial charge in [-0.3, -0.25) is 0 Å². The number of benzene rings is 1. The highest BCUT2D eigenvalue weighted by atomic mass is 35.5. The number of halogens is 1. The van der Waals surface area contributed by atoms with Crippen LogP contribution in [0, 0.1) is 6.92 Å². The number of likely N-dealkylation sites (N-methyl/N-ethyl adjacent to an activating group) is 1. The molecule has 0 spiro atoms. The smallest absolute Gasteiger partial charge is 0.0438 e. The standard InChI is InChI=1S/C14H20ClN/c1-10-7-8-11(9-13(10)15)12-5-3-4-6-14(12)16-2/h7-9,12,14,16H,3-6H2,1-2H3. The third kappa shape index (κ3) is 2.41. The summed E-state index contributed by atoms with van der Waals surface area (Å²) in [5, 5.41) is 4.34. The van der Waals surface area contributed by atoms with Crippen LogP contribution in [-0.4, -0.2) is 13.1 Å². The summed E-state index contributed by atoms with van der Waals surface area (Å²) in [4.78, 5) is 0. The molecule has 2 unspecified atom stereocenters. The molecule has 2 atom stereocenters. The van der Waals surface area contributed by atoms with Gasteiger partial charge in [-0.1, -0.05) is 36.6 Å². The molecule has 0 aromatic heterocycles. The van der Waals surface area contributed by atoms with Crippen LogP contribution in [0.1, 0.15) is 42.7 Å². The summed E-state index contributed by atoms with van der Waals surface area (Å²) >= 11 is 6.20. The van der Waals surface area contributed by atoms with E-state index in [0.717, 1.165) is 5.02 Å². The van der Waals surface area contributed by atoms with Crippen LogP contribution >= 0.6 is 11.6 Å². The Morgan fingerprint density at radius 3 is 2.69 bits per heavy atom. The van der Waals surface area contributed by atoms with Crippen LogP contribution in [-0.2, 0) is 0 Å². The second-order valence-corrected chi connectivity index (χ2v) is 5.20. The molecule has 1 aromatic carbocycles. The van der Waals surface area contributed by atoms with Crippen LogP contribution in [0.5, 0.6) is 0 Å². The Morgan fingerprint density at radius 2 is 2.00 bits per heavy atom. The molecule has 0 aliphatic heterocycles. The van der Waals surface area contributed by atoms with Gasteiger partial charge in [0.05, 0.1) is 0 Å². The molecule has 0 amide bonds. The van der Waals surface area contributed by atoms with Crippen molar-refractivity contribution in [2.45, 2.75) is 44.6 Å². The summed E-state index contributed by atoms with van der Waals surface area (Å²) in [7, 11) is 2.07. The molecule has 2 rings (SSSR count). The molecular weight excluding hydrogens is 218 g/mol. The summed E-state index contributed by atoms with van der Waals surface area (Å²) in [6, 6.07) is 7.14. The predicted octanol–water partition coefficient (Wildman–Crippen LogP) is 3.89. The van der Waals surface area contributed by atoms with Crippen molar-refractivity contribution in [1.29, 1.82) is 0 Å². The van der Waals surface area contributed by atoms with Gasteiger partial charge in [0, 0.05) is 11.1 Å². The van der Waals surface area contributed by atoms with Gasteiger partial charge in [0.1, 0.15) is 0 Å². The van der Waals surface area contributed by atoms with E-state index in [4.69, 9.17) is 11.6 Å². The summed E-state index contributed by atoms with van der Waals surface area (Å²) in [5.41, 5.74) is 2.57. The van der Waals surface area contributed by atoms with Gasteiger partial charge in [-0.25, -0.2) is 0 Å². The second-order valence-electron chi connectivity index (χ2n) is 4.79. The van der Waals surface area contributed by atoms with E-state index in [9.17, 15) is 0 Å². The maximum Gasteiger partial charge on any atom is 0.0438 e. The fourth-order valence-corrected chi connectivity index (χ4v) is 2.90. The molecule has 2 heteroatoms. The first-order chi connectivity index (χ1) is 7.72. The van der Waals surface area contributed by atoms with E-state index in [1.165, 1.54) is 36.8 Å². The van der Waals surface area contributed by atoms with E-state index in [2.05, 4.69) is 37.5 Å². The number of hydrogen-bond acceptors (Lipinski definition) is 1. The molecule has 1 nitrogen and oxygen atoms in total. The highest BCUT2D eigenvalue weighted by molar-refractivity contribution is 6.31. The van der Waals surface area contributed by atoms with Crippen molar-refractivity contribution < 1.29 is 0 Å².